The first-order valence-corrected chi connectivity index (χ1v) is 19.8. The molecule has 16 nitrogen and oxygen atoms in total. The number of halogens is 4. The van der Waals surface area contributed by atoms with Gasteiger partial charge >= 0.3 is 11.9 Å². The second kappa shape index (κ2) is 21.8. The number of carboxylic acids is 2. The van der Waals surface area contributed by atoms with E-state index in [2.05, 4.69) is 50.5 Å². The number of aromatic nitrogens is 8. The van der Waals surface area contributed by atoms with Crippen LogP contribution in [0.2, 0.25) is 0 Å². The molecule has 0 saturated heterocycles. The number of ether oxygens (including phenoxy) is 2. The standard InChI is InChI=1S/2C21H19F2N5O.C4H4O4/c2*1-12-5-17-14(9-26-20(17)25-8-12)6-13-3-4-18(28-19(13)23)24-10-15-7-16(22)11-27-21(15)29-2;5-3(6)1-2-4(7)8/h2*3-5,7-9,11H,6,10H2,1-2H3,(H,24,28)(H,25,26);1-2H,(H,5,6)(H,7,8)/b;;2-1+. The second-order valence-corrected chi connectivity index (χ2v) is 14.5. The molecule has 8 aromatic rings. The van der Waals surface area contributed by atoms with Gasteiger partial charge in [-0.1, -0.05) is 12.1 Å². The van der Waals surface area contributed by atoms with Crippen molar-refractivity contribution in [3.05, 3.63) is 166 Å². The SMILES string of the molecule is COc1ncc(F)cc1CNc1ccc(Cc2c[nH]c3ncc(C)cc23)c(F)n1.COc1ncc(F)cc1CNc1ccc(Cc2c[nH]c3ncc(C)cc23)c(F)n1.O=C(O)/C=C/C(=O)O. The van der Waals surface area contributed by atoms with E-state index in [1.165, 1.54) is 26.4 Å². The Bertz CT molecular complexity index is 2830. The van der Waals surface area contributed by atoms with Crippen LogP contribution in [-0.4, -0.2) is 76.2 Å². The van der Waals surface area contributed by atoms with Crippen LogP contribution in [-0.2, 0) is 35.5 Å². The van der Waals surface area contributed by atoms with Gasteiger partial charge in [0.15, 0.2) is 0 Å². The molecule has 8 aromatic heterocycles. The van der Waals surface area contributed by atoms with Crippen LogP contribution in [0.3, 0.4) is 0 Å². The van der Waals surface area contributed by atoms with Gasteiger partial charge < -0.3 is 40.3 Å². The number of pyridine rings is 6. The lowest BCUT2D eigenvalue weighted by Gasteiger charge is -2.10. The first-order valence-electron chi connectivity index (χ1n) is 19.8. The Hall–Kier alpha value is -8.42. The minimum Gasteiger partial charge on any atom is -0.481 e. The summed E-state index contributed by atoms with van der Waals surface area (Å²) in [4.78, 5) is 49.7. The van der Waals surface area contributed by atoms with Gasteiger partial charge in [0.1, 0.15) is 34.6 Å². The van der Waals surface area contributed by atoms with E-state index in [4.69, 9.17) is 19.7 Å². The Balaban J connectivity index is 0.000000188. The van der Waals surface area contributed by atoms with Crippen molar-refractivity contribution in [2.75, 3.05) is 24.9 Å². The molecular formula is C46H42F4N10O6. The van der Waals surface area contributed by atoms with Crippen molar-refractivity contribution in [2.45, 2.75) is 39.8 Å². The summed E-state index contributed by atoms with van der Waals surface area (Å²) in [6.45, 7) is 4.34. The summed E-state index contributed by atoms with van der Waals surface area (Å²) in [6, 6.07) is 13.4. The molecule has 0 saturated carbocycles. The van der Waals surface area contributed by atoms with Gasteiger partial charge in [0.05, 0.1) is 26.6 Å². The maximum Gasteiger partial charge on any atom is 0.328 e. The zero-order valence-corrected chi connectivity index (χ0v) is 35.8. The van der Waals surface area contributed by atoms with Crippen LogP contribution in [0.25, 0.3) is 22.1 Å². The van der Waals surface area contributed by atoms with E-state index in [0.717, 1.165) is 56.7 Å². The number of rotatable bonds is 14. The van der Waals surface area contributed by atoms with E-state index in [1.807, 2.05) is 38.4 Å². The van der Waals surface area contributed by atoms with Gasteiger partial charge in [0.25, 0.3) is 0 Å². The highest BCUT2D eigenvalue weighted by Gasteiger charge is 2.14. The summed E-state index contributed by atoms with van der Waals surface area (Å²) >= 11 is 0. The van der Waals surface area contributed by atoms with Crippen molar-refractivity contribution in [1.82, 2.24) is 39.9 Å². The molecule has 0 radical (unpaired) electrons. The molecule has 6 N–H and O–H groups in total. The van der Waals surface area contributed by atoms with E-state index in [1.54, 1.807) is 36.7 Å². The second-order valence-electron chi connectivity index (χ2n) is 14.5. The van der Waals surface area contributed by atoms with Gasteiger partial charge in [-0.2, -0.15) is 8.78 Å². The van der Waals surface area contributed by atoms with Crippen molar-refractivity contribution in [1.29, 1.82) is 0 Å². The third-order valence-corrected chi connectivity index (χ3v) is 9.58. The van der Waals surface area contributed by atoms with E-state index in [0.29, 0.717) is 70.6 Å². The number of carbonyl (C=O) groups is 2. The molecule has 0 aromatic carbocycles. The Morgan fingerprint density at radius 3 is 1.36 bits per heavy atom. The van der Waals surface area contributed by atoms with Crippen molar-refractivity contribution in [3.8, 4) is 11.8 Å². The Labute approximate surface area is 373 Å². The lowest BCUT2D eigenvalue weighted by molar-refractivity contribution is -0.134. The summed E-state index contributed by atoms with van der Waals surface area (Å²) in [5.74, 6) is -3.29. The number of carboxylic acid groups (broad SMARTS) is 2. The predicted octanol–water partition coefficient (Wildman–Crippen LogP) is 8.01. The number of aromatic amines is 2. The smallest absolute Gasteiger partial charge is 0.328 e. The lowest BCUT2D eigenvalue weighted by Crippen LogP contribution is -2.06. The minimum absolute atomic E-state index is 0.202. The number of nitrogens with one attached hydrogen (secondary N) is 4. The maximum absolute atomic E-state index is 14.6. The van der Waals surface area contributed by atoms with Gasteiger partial charge in [0, 0.05) is 95.9 Å². The lowest BCUT2D eigenvalue weighted by atomic mass is 10.1. The molecule has 0 aliphatic heterocycles. The molecule has 0 fully saturated rings. The highest BCUT2D eigenvalue weighted by molar-refractivity contribution is 5.89. The number of H-pyrrole nitrogens is 2. The quantitative estimate of drug-likeness (QED) is 0.0345. The molecule has 20 heteroatoms. The average Bonchev–Trinajstić information content (AvgIpc) is 3.88. The fourth-order valence-electron chi connectivity index (χ4n) is 6.49. The summed E-state index contributed by atoms with van der Waals surface area (Å²) in [6.07, 6.45) is 11.3. The molecule has 8 heterocycles. The fourth-order valence-corrected chi connectivity index (χ4v) is 6.49. The van der Waals surface area contributed by atoms with Crippen LogP contribution < -0.4 is 20.1 Å². The number of anilines is 2. The van der Waals surface area contributed by atoms with Gasteiger partial charge in [-0.15, -0.1) is 0 Å². The number of hydrogen-bond acceptors (Lipinski definition) is 12. The van der Waals surface area contributed by atoms with E-state index >= 15 is 0 Å². The third-order valence-electron chi connectivity index (χ3n) is 9.58. The molecule has 0 unspecified atom stereocenters. The van der Waals surface area contributed by atoms with Crippen LogP contribution in [0.4, 0.5) is 29.2 Å². The van der Waals surface area contributed by atoms with Crippen LogP contribution in [0, 0.1) is 37.4 Å². The Morgan fingerprint density at radius 2 is 1.00 bits per heavy atom. The van der Waals surface area contributed by atoms with Crippen molar-refractivity contribution >= 4 is 45.6 Å². The van der Waals surface area contributed by atoms with Crippen LogP contribution in [0.5, 0.6) is 11.8 Å². The van der Waals surface area contributed by atoms with Crippen LogP contribution >= 0.6 is 0 Å². The Morgan fingerprint density at radius 1 is 0.591 bits per heavy atom. The minimum atomic E-state index is -1.26. The first-order chi connectivity index (χ1) is 31.7. The number of hydrogen-bond donors (Lipinski definition) is 6. The maximum atomic E-state index is 14.6. The van der Waals surface area contributed by atoms with Gasteiger partial charge in [-0.05, 0) is 72.5 Å². The molecule has 0 bridgehead atoms. The predicted molar refractivity (Wildman–Crippen MR) is 236 cm³/mol. The number of aliphatic carboxylic acids is 2. The van der Waals surface area contributed by atoms with E-state index < -0.39 is 35.5 Å². The molecule has 0 aliphatic carbocycles. The molecule has 0 aliphatic rings. The average molecular weight is 907 g/mol. The molecular weight excluding hydrogens is 865 g/mol. The monoisotopic (exact) mass is 906 g/mol. The largest absolute Gasteiger partial charge is 0.481 e. The normalized spacial score (nSPS) is 10.8. The number of methoxy groups -OCH3 is 2. The Kier molecular flexibility index (Phi) is 15.5. The third kappa shape index (κ3) is 12.6. The van der Waals surface area contributed by atoms with Gasteiger partial charge in [-0.3, -0.25) is 0 Å². The molecule has 0 spiro atoms. The summed E-state index contributed by atoms with van der Waals surface area (Å²) < 4.78 is 66.2. The number of aryl methyl sites for hydroxylation is 2. The van der Waals surface area contributed by atoms with Gasteiger partial charge in [-0.25, -0.2) is 48.3 Å². The zero-order valence-electron chi connectivity index (χ0n) is 35.8. The topological polar surface area (TPSA) is 226 Å². The number of fused-ring (bicyclic) bond motifs is 2. The number of nitrogens with zero attached hydrogens (tertiary/aromatic N) is 6. The molecule has 340 valence electrons. The highest BCUT2D eigenvalue weighted by Crippen LogP contribution is 2.25. The van der Waals surface area contributed by atoms with E-state index in [9.17, 15) is 27.2 Å². The summed E-state index contributed by atoms with van der Waals surface area (Å²) in [5.41, 5.74) is 7.51. The van der Waals surface area contributed by atoms with Gasteiger partial charge in [0.2, 0.25) is 23.7 Å². The van der Waals surface area contributed by atoms with Crippen molar-refractivity contribution in [3.63, 3.8) is 0 Å². The molecule has 0 amide bonds. The molecule has 66 heavy (non-hydrogen) atoms. The van der Waals surface area contributed by atoms with E-state index in [-0.39, 0.29) is 13.1 Å². The summed E-state index contributed by atoms with van der Waals surface area (Å²) in [7, 11) is 2.91. The zero-order chi connectivity index (χ0) is 47.3. The van der Waals surface area contributed by atoms with Crippen LogP contribution in [0.15, 0.2) is 97.9 Å². The van der Waals surface area contributed by atoms with Crippen LogP contribution in [0.1, 0.15) is 44.5 Å². The fraction of sp³-hybridized carbons (Fsp3) is 0.174. The van der Waals surface area contributed by atoms with Crippen molar-refractivity contribution < 1.29 is 46.8 Å². The summed E-state index contributed by atoms with van der Waals surface area (Å²) in [5, 5.41) is 23.5. The molecule has 0 atom stereocenters. The molecule has 8 rings (SSSR count). The first kappa shape index (κ1) is 47.1. The highest BCUT2D eigenvalue weighted by atomic mass is 19.1. The van der Waals surface area contributed by atoms with Crippen molar-refractivity contribution in [2.24, 2.45) is 0 Å².